The molecule has 2 heterocycles. The SMILES string of the molecule is Nc1c(Cl)cc(Cl)cc1-c1nc(CC2CCCCO2)no1. The van der Waals surface area contributed by atoms with Crippen LogP contribution in [0.25, 0.3) is 11.5 Å². The van der Waals surface area contributed by atoms with Gasteiger partial charge in [0.15, 0.2) is 5.82 Å². The summed E-state index contributed by atoms with van der Waals surface area (Å²) in [5.41, 5.74) is 6.87. The highest BCUT2D eigenvalue weighted by molar-refractivity contribution is 6.37. The fraction of sp³-hybridized carbons (Fsp3) is 0.429. The Morgan fingerprint density at radius 2 is 2.14 bits per heavy atom. The van der Waals surface area contributed by atoms with Gasteiger partial charge in [-0.15, -0.1) is 0 Å². The van der Waals surface area contributed by atoms with E-state index in [1.54, 1.807) is 12.1 Å². The lowest BCUT2D eigenvalue weighted by Gasteiger charge is -2.20. The number of ether oxygens (including phenoxy) is 1. The third-order valence-electron chi connectivity index (χ3n) is 3.48. The van der Waals surface area contributed by atoms with Gasteiger partial charge < -0.3 is 15.0 Å². The van der Waals surface area contributed by atoms with Gasteiger partial charge >= 0.3 is 0 Å². The van der Waals surface area contributed by atoms with E-state index in [1.165, 1.54) is 6.42 Å². The summed E-state index contributed by atoms with van der Waals surface area (Å²) in [6.07, 6.45) is 4.11. The van der Waals surface area contributed by atoms with Gasteiger partial charge in [0.25, 0.3) is 5.89 Å². The normalized spacial score (nSPS) is 18.9. The van der Waals surface area contributed by atoms with Crippen LogP contribution in [0.3, 0.4) is 0 Å². The zero-order chi connectivity index (χ0) is 14.8. The molecule has 0 saturated carbocycles. The van der Waals surface area contributed by atoms with E-state index in [0.717, 1.165) is 19.4 Å². The number of anilines is 1. The van der Waals surface area contributed by atoms with Gasteiger partial charge in [-0.05, 0) is 31.4 Å². The molecule has 1 aromatic carbocycles. The summed E-state index contributed by atoms with van der Waals surface area (Å²) in [5, 5.41) is 4.82. The predicted molar refractivity (Wildman–Crippen MR) is 81.5 cm³/mol. The van der Waals surface area contributed by atoms with Crippen LogP contribution in [0.5, 0.6) is 0 Å². The topological polar surface area (TPSA) is 74.2 Å². The predicted octanol–water partition coefficient (Wildman–Crippen LogP) is 3.74. The maximum atomic E-state index is 6.01. The first-order valence-electron chi connectivity index (χ1n) is 6.82. The fourth-order valence-corrected chi connectivity index (χ4v) is 2.87. The number of halogens is 2. The van der Waals surface area contributed by atoms with E-state index < -0.39 is 0 Å². The first kappa shape index (κ1) is 14.6. The Balaban J connectivity index is 1.81. The minimum Gasteiger partial charge on any atom is -0.397 e. The van der Waals surface area contributed by atoms with Crippen LogP contribution in [-0.4, -0.2) is 22.9 Å². The third-order valence-corrected chi connectivity index (χ3v) is 4.01. The zero-order valence-corrected chi connectivity index (χ0v) is 12.8. The minimum atomic E-state index is 0.157. The van der Waals surface area contributed by atoms with Gasteiger partial charge in [0.05, 0.1) is 22.4 Å². The second-order valence-corrected chi connectivity index (χ2v) is 5.90. The smallest absolute Gasteiger partial charge is 0.260 e. The molecule has 1 atom stereocenters. The van der Waals surface area contributed by atoms with Crippen LogP contribution in [0.4, 0.5) is 5.69 Å². The molecule has 7 heteroatoms. The standard InChI is InChI=1S/C14H15Cl2N3O2/c15-8-5-10(13(17)11(16)6-8)14-18-12(19-21-14)7-9-3-1-2-4-20-9/h5-6,9H,1-4,7,17H2. The van der Waals surface area contributed by atoms with Gasteiger partial charge in [-0.2, -0.15) is 4.98 Å². The lowest BCUT2D eigenvalue weighted by Crippen LogP contribution is -2.21. The molecule has 1 fully saturated rings. The number of nitrogens with zero attached hydrogens (tertiary/aromatic N) is 2. The van der Waals surface area contributed by atoms with Crippen LogP contribution >= 0.6 is 23.2 Å². The van der Waals surface area contributed by atoms with Crippen molar-refractivity contribution in [1.29, 1.82) is 0 Å². The molecule has 0 bridgehead atoms. The molecule has 21 heavy (non-hydrogen) atoms. The molecule has 112 valence electrons. The monoisotopic (exact) mass is 327 g/mol. The Hall–Kier alpha value is -1.30. The highest BCUT2D eigenvalue weighted by atomic mass is 35.5. The molecule has 1 saturated heterocycles. The number of hydrogen-bond acceptors (Lipinski definition) is 5. The van der Waals surface area contributed by atoms with E-state index in [2.05, 4.69) is 10.1 Å². The van der Waals surface area contributed by atoms with Crippen LogP contribution in [0, 0.1) is 0 Å². The Bertz CT molecular complexity index is 639. The Labute approximate surface area is 132 Å². The average Bonchev–Trinajstić information content (AvgIpc) is 2.92. The van der Waals surface area contributed by atoms with Crippen molar-refractivity contribution in [2.45, 2.75) is 31.8 Å². The molecule has 0 amide bonds. The maximum absolute atomic E-state index is 6.01. The Morgan fingerprint density at radius 1 is 1.29 bits per heavy atom. The molecule has 1 aliphatic heterocycles. The molecule has 1 unspecified atom stereocenters. The van der Waals surface area contributed by atoms with Crippen LogP contribution in [-0.2, 0) is 11.2 Å². The molecule has 1 aliphatic rings. The van der Waals surface area contributed by atoms with Crippen LogP contribution in [0.2, 0.25) is 10.0 Å². The number of benzene rings is 1. The number of hydrogen-bond donors (Lipinski definition) is 1. The second kappa shape index (κ2) is 6.22. The number of aromatic nitrogens is 2. The van der Waals surface area contributed by atoms with Crippen molar-refractivity contribution < 1.29 is 9.26 Å². The number of rotatable bonds is 3. The van der Waals surface area contributed by atoms with Gasteiger partial charge in [0, 0.05) is 18.1 Å². The van der Waals surface area contributed by atoms with Gasteiger partial charge in [0.2, 0.25) is 0 Å². The average molecular weight is 328 g/mol. The van der Waals surface area contributed by atoms with E-state index in [9.17, 15) is 0 Å². The largest absolute Gasteiger partial charge is 0.397 e. The van der Waals surface area contributed by atoms with Crippen molar-refractivity contribution in [1.82, 2.24) is 10.1 Å². The van der Waals surface area contributed by atoms with Crippen molar-refractivity contribution in [2.24, 2.45) is 0 Å². The zero-order valence-electron chi connectivity index (χ0n) is 11.3. The van der Waals surface area contributed by atoms with Crippen molar-refractivity contribution in [3.63, 3.8) is 0 Å². The molecule has 3 rings (SSSR count). The van der Waals surface area contributed by atoms with Gasteiger partial charge in [-0.1, -0.05) is 28.4 Å². The molecule has 0 spiro atoms. The lowest BCUT2D eigenvalue weighted by molar-refractivity contribution is 0.0153. The summed E-state index contributed by atoms with van der Waals surface area (Å²) in [7, 11) is 0. The van der Waals surface area contributed by atoms with Crippen LogP contribution < -0.4 is 5.73 Å². The van der Waals surface area contributed by atoms with Gasteiger partial charge in [-0.25, -0.2) is 0 Å². The van der Waals surface area contributed by atoms with Crippen molar-refractivity contribution in [3.05, 3.63) is 28.0 Å². The first-order valence-corrected chi connectivity index (χ1v) is 7.58. The van der Waals surface area contributed by atoms with E-state index in [1.807, 2.05) is 0 Å². The Morgan fingerprint density at radius 3 is 2.90 bits per heavy atom. The molecule has 2 N–H and O–H groups in total. The second-order valence-electron chi connectivity index (χ2n) is 5.06. The van der Waals surface area contributed by atoms with Crippen LogP contribution in [0.15, 0.2) is 16.7 Å². The summed E-state index contributed by atoms with van der Waals surface area (Å²) in [6, 6.07) is 3.24. The highest BCUT2D eigenvalue weighted by Gasteiger charge is 2.19. The van der Waals surface area contributed by atoms with Crippen molar-refractivity contribution >= 4 is 28.9 Å². The molecule has 0 radical (unpaired) electrons. The summed E-state index contributed by atoms with van der Waals surface area (Å²) in [4.78, 5) is 4.36. The molecule has 0 aliphatic carbocycles. The van der Waals surface area contributed by atoms with Crippen molar-refractivity contribution in [3.8, 4) is 11.5 Å². The minimum absolute atomic E-state index is 0.157. The lowest BCUT2D eigenvalue weighted by atomic mass is 10.1. The fourth-order valence-electron chi connectivity index (χ4n) is 2.38. The summed E-state index contributed by atoms with van der Waals surface area (Å²) < 4.78 is 10.9. The van der Waals surface area contributed by atoms with E-state index in [-0.39, 0.29) is 6.10 Å². The summed E-state index contributed by atoms with van der Waals surface area (Å²) in [6.45, 7) is 0.798. The molecule has 5 nitrogen and oxygen atoms in total. The summed E-state index contributed by atoms with van der Waals surface area (Å²) >= 11 is 12.0. The number of nitrogen functional groups attached to an aromatic ring is 1. The summed E-state index contributed by atoms with van der Waals surface area (Å²) in [5.74, 6) is 0.926. The molecule has 2 aromatic rings. The van der Waals surface area contributed by atoms with E-state index >= 15 is 0 Å². The Kier molecular flexibility index (Phi) is 4.33. The maximum Gasteiger partial charge on any atom is 0.260 e. The van der Waals surface area contributed by atoms with Gasteiger partial charge in [-0.3, -0.25) is 0 Å². The molecule has 1 aromatic heterocycles. The third kappa shape index (κ3) is 3.31. The first-order chi connectivity index (χ1) is 10.1. The molecular weight excluding hydrogens is 313 g/mol. The van der Waals surface area contributed by atoms with Crippen LogP contribution in [0.1, 0.15) is 25.1 Å². The number of nitrogens with two attached hydrogens (primary N) is 1. The van der Waals surface area contributed by atoms with Gasteiger partial charge in [0.1, 0.15) is 0 Å². The molecular formula is C14H15Cl2N3O2. The van der Waals surface area contributed by atoms with E-state index in [4.69, 9.17) is 38.2 Å². The quantitative estimate of drug-likeness (QED) is 0.869. The highest BCUT2D eigenvalue weighted by Crippen LogP contribution is 2.34. The van der Waals surface area contributed by atoms with Crippen molar-refractivity contribution in [2.75, 3.05) is 12.3 Å². The van der Waals surface area contributed by atoms with E-state index in [0.29, 0.717) is 39.4 Å².